The summed E-state index contributed by atoms with van der Waals surface area (Å²) < 4.78 is 24.6. The fourth-order valence-electron chi connectivity index (χ4n) is 4.00. The molecule has 0 spiro atoms. The van der Waals surface area contributed by atoms with Gasteiger partial charge in [-0.2, -0.15) is 0 Å². The summed E-state index contributed by atoms with van der Waals surface area (Å²) in [6.45, 7) is 4.99. The number of carbonyl (C=O) groups is 1. The second kappa shape index (κ2) is 8.28. The molecule has 5 rings (SSSR count). The van der Waals surface area contributed by atoms with Crippen LogP contribution in [-0.2, 0) is 11.2 Å². The highest BCUT2D eigenvalue weighted by Crippen LogP contribution is 2.40. The molecule has 158 valence electrons. The van der Waals surface area contributed by atoms with E-state index in [1.165, 1.54) is 11.3 Å². The molecule has 0 aliphatic carbocycles. The predicted molar refractivity (Wildman–Crippen MR) is 112 cm³/mol. The number of nitrogens with zero attached hydrogens (tertiary/aromatic N) is 2. The normalized spacial score (nSPS) is 16.7. The number of hydrogen-bond acceptors (Lipinski definition) is 7. The Morgan fingerprint density at radius 2 is 2.07 bits per heavy atom. The van der Waals surface area contributed by atoms with E-state index in [0.29, 0.717) is 47.9 Å². The highest BCUT2D eigenvalue weighted by atomic mass is 32.1. The van der Waals surface area contributed by atoms with Crippen LogP contribution in [0.5, 0.6) is 17.2 Å². The first-order valence-electron chi connectivity index (χ1n) is 10.3. The first-order chi connectivity index (χ1) is 14.7. The van der Waals surface area contributed by atoms with Crippen LogP contribution in [0.1, 0.15) is 46.6 Å². The van der Waals surface area contributed by atoms with E-state index in [4.69, 9.17) is 23.9 Å². The third kappa shape index (κ3) is 3.65. The zero-order valence-corrected chi connectivity index (χ0v) is 17.7. The van der Waals surface area contributed by atoms with Gasteiger partial charge in [-0.05, 0) is 19.8 Å². The fourth-order valence-corrected chi connectivity index (χ4v) is 4.87. The van der Waals surface area contributed by atoms with Crippen molar-refractivity contribution in [3.63, 3.8) is 0 Å². The summed E-state index contributed by atoms with van der Waals surface area (Å²) in [5.74, 6) is 2.33. The number of hydrogen-bond donors (Lipinski definition) is 0. The molecule has 0 unspecified atom stereocenters. The minimum Gasteiger partial charge on any atom is -0.493 e. The van der Waals surface area contributed by atoms with E-state index in [2.05, 4.69) is 6.20 Å². The van der Waals surface area contributed by atoms with Gasteiger partial charge in [0.05, 0.1) is 12.3 Å². The molecule has 7 nitrogen and oxygen atoms in total. The molecule has 2 aliphatic rings. The molecule has 8 heteroatoms. The summed E-state index contributed by atoms with van der Waals surface area (Å²) in [7, 11) is 0. The van der Waals surface area contributed by atoms with Gasteiger partial charge in [-0.3, -0.25) is 4.79 Å². The zero-order valence-electron chi connectivity index (χ0n) is 16.9. The van der Waals surface area contributed by atoms with Crippen molar-refractivity contribution in [2.45, 2.75) is 32.1 Å². The van der Waals surface area contributed by atoms with Crippen LogP contribution < -0.4 is 14.2 Å². The maximum Gasteiger partial charge on any atom is 0.183 e. The lowest BCUT2D eigenvalue weighted by Crippen LogP contribution is -2.16. The first-order valence-corrected chi connectivity index (χ1v) is 11.2. The van der Waals surface area contributed by atoms with E-state index in [1.807, 2.05) is 29.0 Å². The predicted octanol–water partition coefficient (Wildman–Crippen LogP) is 3.89. The number of carbonyl (C=O) groups excluding carboxylic acids is 1. The van der Waals surface area contributed by atoms with Crippen molar-refractivity contribution in [3.05, 3.63) is 40.0 Å². The smallest absolute Gasteiger partial charge is 0.183 e. The van der Waals surface area contributed by atoms with Crippen LogP contribution in [0.2, 0.25) is 0 Å². The Bertz CT molecular complexity index is 1070. The molecule has 30 heavy (non-hydrogen) atoms. The van der Waals surface area contributed by atoms with Crippen LogP contribution in [-0.4, -0.2) is 48.2 Å². The van der Waals surface area contributed by atoms with Crippen LogP contribution >= 0.6 is 11.3 Å². The minimum atomic E-state index is -0.00294. The molecule has 3 aromatic heterocycles. The Hall–Kier alpha value is -2.58. The third-order valence-corrected chi connectivity index (χ3v) is 6.48. The van der Waals surface area contributed by atoms with Gasteiger partial charge in [0.2, 0.25) is 0 Å². The number of fused-ring (bicyclic) bond motifs is 2. The number of pyridine rings is 1. The van der Waals surface area contributed by atoms with E-state index in [9.17, 15) is 4.79 Å². The van der Waals surface area contributed by atoms with Crippen LogP contribution in [0, 0.1) is 0 Å². The molecule has 0 atom stereocenters. The Balaban J connectivity index is 1.45. The summed E-state index contributed by atoms with van der Waals surface area (Å²) in [6, 6.07) is 1.93. The lowest BCUT2D eigenvalue weighted by atomic mass is 9.97. The Morgan fingerprint density at radius 1 is 1.23 bits per heavy atom. The molecule has 0 saturated carbocycles. The van der Waals surface area contributed by atoms with Gasteiger partial charge in [0.25, 0.3) is 0 Å². The summed E-state index contributed by atoms with van der Waals surface area (Å²) in [6.07, 6.45) is 6.23. The standard InChI is InChI=1S/C22H24N2O5S/c1-2-27-18-10-20-23-16(14-3-5-26-6-4-14)12-24(20)11-15(18)9-17(25)22-21-19(13-30-22)28-7-8-29-21/h10-14H,2-9H2,1H3. The van der Waals surface area contributed by atoms with Gasteiger partial charge in [0, 0.05) is 55.0 Å². The first kappa shape index (κ1) is 19.4. The SMILES string of the molecule is CCOc1cc2nc(C3CCOCC3)cn2cc1CC(=O)c1scc2c1OCCO2. The average Bonchev–Trinajstić information content (AvgIpc) is 3.39. The lowest BCUT2D eigenvalue weighted by Gasteiger charge is -2.19. The average molecular weight is 429 g/mol. The number of Topliss-reactive ketones (excluding diaryl/α,β-unsaturated/α-hetero) is 1. The molecular weight excluding hydrogens is 404 g/mol. The molecule has 1 saturated heterocycles. The number of thiophene rings is 1. The van der Waals surface area contributed by atoms with Gasteiger partial charge in [-0.15, -0.1) is 11.3 Å². The van der Waals surface area contributed by atoms with Crippen LogP contribution in [0.4, 0.5) is 0 Å². The molecular formula is C22H24N2O5S. The largest absolute Gasteiger partial charge is 0.493 e. The van der Waals surface area contributed by atoms with Gasteiger partial charge in [0.15, 0.2) is 17.3 Å². The maximum atomic E-state index is 13.1. The number of ether oxygens (including phenoxy) is 4. The van der Waals surface area contributed by atoms with Crippen molar-refractivity contribution in [2.24, 2.45) is 0 Å². The van der Waals surface area contributed by atoms with Crippen LogP contribution in [0.15, 0.2) is 23.8 Å². The molecule has 0 amide bonds. The molecule has 1 fully saturated rings. The lowest BCUT2D eigenvalue weighted by molar-refractivity contribution is 0.0846. The molecule has 0 radical (unpaired) electrons. The van der Waals surface area contributed by atoms with Gasteiger partial charge in [-0.25, -0.2) is 4.98 Å². The van der Waals surface area contributed by atoms with Crippen LogP contribution in [0.25, 0.3) is 5.65 Å². The molecule has 3 aromatic rings. The molecule has 0 N–H and O–H groups in total. The number of aromatic nitrogens is 2. The van der Waals surface area contributed by atoms with E-state index in [-0.39, 0.29) is 12.2 Å². The van der Waals surface area contributed by atoms with E-state index in [0.717, 1.165) is 43.0 Å². The highest BCUT2D eigenvalue weighted by Gasteiger charge is 2.25. The van der Waals surface area contributed by atoms with Crippen molar-refractivity contribution in [3.8, 4) is 17.2 Å². The van der Waals surface area contributed by atoms with Crippen molar-refractivity contribution in [1.29, 1.82) is 0 Å². The fraction of sp³-hybridized carbons (Fsp3) is 0.455. The quantitative estimate of drug-likeness (QED) is 0.555. The van der Waals surface area contributed by atoms with Crippen molar-refractivity contribution in [2.75, 3.05) is 33.0 Å². The molecule has 5 heterocycles. The van der Waals surface area contributed by atoms with Crippen molar-refractivity contribution >= 4 is 22.8 Å². The Kier molecular flexibility index (Phi) is 5.35. The second-order valence-corrected chi connectivity index (χ2v) is 8.35. The summed E-state index contributed by atoms with van der Waals surface area (Å²) in [5.41, 5.74) is 2.74. The summed E-state index contributed by atoms with van der Waals surface area (Å²) in [5, 5.41) is 1.84. The molecule has 0 aromatic carbocycles. The molecule has 2 aliphatic heterocycles. The maximum absolute atomic E-state index is 13.1. The zero-order chi connectivity index (χ0) is 20.5. The molecule has 0 bridgehead atoms. The van der Waals surface area contributed by atoms with E-state index in [1.54, 1.807) is 0 Å². The number of rotatable bonds is 6. The van der Waals surface area contributed by atoms with Gasteiger partial charge in [0.1, 0.15) is 29.5 Å². The second-order valence-electron chi connectivity index (χ2n) is 7.47. The summed E-state index contributed by atoms with van der Waals surface area (Å²) >= 11 is 1.37. The van der Waals surface area contributed by atoms with Crippen LogP contribution in [0.3, 0.4) is 0 Å². The van der Waals surface area contributed by atoms with Crippen molar-refractivity contribution < 1.29 is 23.7 Å². The third-order valence-electron chi connectivity index (χ3n) is 5.50. The van der Waals surface area contributed by atoms with Gasteiger partial charge in [-0.1, -0.05) is 0 Å². The Morgan fingerprint density at radius 3 is 2.90 bits per heavy atom. The van der Waals surface area contributed by atoms with E-state index >= 15 is 0 Å². The monoisotopic (exact) mass is 428 g/mol. The van der Waals surface area contributed by atoms with Crippen molar-refractivity contribution in [1.82, 2.24) is 9.38 Å². The minimum absolute atomic E-state index is 0.00294. The Labute approximate surface area is 178 Å². The van der Waals surface area contributed by atoms with Gasteiger partial charge < -0.3 is 23.3 Å². The number of ketones is 1. The number of imidazole rings is 1. The van der Waals surface area contributed by atoms with E-state index < -0.39 is 0 Å². The highest BCUT2D eigenvalue weighted by molar-refractivity contribution is 7.12. The topological polar surface area (TPSA) is 71.3 Å². The van der Waals surface area contributed by atoms with Gasteiger partial charge >= 0.3 is 0 Å². The summed E-state index contributed by atoms with van der Waals surface area (Å²) in [4.78, 5) is 18.5.